The van der Waals surface area contributed by atoms with Crippen LogP contribution in [0.3, 0.4) is 0 Å². The van der Waals surface area contributed by atoms with Crippen molar-refractivity contribution in [2.75, 3.05) is 18.9 Å². The van der Waals surface area contributed by atoms with Gasteiger partial charge in [0.2, 0.25) is 0 Å². The SMILES string of the molecule is CCNC(CCC1CCCO1)C1CSc2ccccc21. The predicted octanol–water partition coefficient (Wildman–Crippen LogP) is 3.81. The molecule has 0 amide bonds. The number of ether oxygens (including phenoxy) is 1. The average molecular weight is 291 g/mol. The largest absolute Gasteiger partial charge is 0.378 e. The van der Waals surface area contributed by atoms with E-state index in [-0.39, 0.29) is 0 Å². The van der Waals surface area contributed by atoms with Crippen LogP contribution in [0.15, 0.2) is 29.2 Å². The minimum atomic E-state index is 0.514. The summed E-state index contributed by atoms with van der Waals surface area (Å²) in [6.45, 7) is 4.24. The van der Waals surface area contributed by atoms with Gasteiger partial charge in [0.05, 0.1) is 6.10 Å². The van der Waals surface area contributed by atoms with Crippen LogP contribution in [0.1, 0.15) is 44.1 Å². The molecule has 0 saturated carbocycles. The summed E-state index contributed by atoms with van der Waals surface area (Å²) in [6.07, 6.45) is 5.47. The first kappa shape index (κ1) is 14.4. The molecule has 3 heteroatoms. The molecule has 0 aromatic heterocycles. The van der Waals surface area contributed by atoms with Crippen molar-refractivity contribution in [3.05, 3.63) is 29.8 Å². The number of likely N-dealkylation sites (N-methyl/N-ethyl adjacent to an activating group) is 1. The molecule has 0 spiro atoms. The molecule has 1 N–H and O–H groups in total. The third-order valence-electron chi connectivity index (χ3n) is 4.51. The van der Waals surface area contributed by atoms with E-state index < -0.39 is 0 Å². The average Bonchev–Trinajstić information content (AvgIpc) is 3.13. The van der Waals surface area contributed by atoms with Gasteiger partial charge in [-0.2, -0.15) is 0 Å². The van der Waals surface area contributed by atoms with Gasteiger partial charge in [-0.05, 0) is 43.9 Å². The van der Waals surface area contributed by atoms with Gasteiger partial charge in [-0.1, -0.05) is 25.1 Å². The fraction of sp³-hybridized carbons (Fsp3) is 0.647. The monoisotopic (exact) mass is 291 g/mol. The Hall–Kier alpha value is -0.510. The Morgan fingerprint density at radius 1 is 1.40 bits per heavy atom. The maximum absolute atomic E-state index is 5.78. The topological polar surface area (TPSA) is 21.3 Å². The van der Waals surface area contributed by atoms with Gasteiger partial charge in [0.15, 0.2) is 0 Å². The Labute approximate surface area is 126 Å². The molecule has 1 fully saturated rings. The Kier molecular flexibility index (Phi) is 5.03. The molecule has 20 heavy (non-hydrogen) atoms. The van der Waals surface area contributed by atoms with Crippen molar-refractivity contribution in [3.63, 3.8) is 0 Å². The van der Waals surface area contributed by atoms with Gasteiger partial charge in [0, 0.05) is 29.2 Å². The highest BCUT2D eigenvalue weighted by Gasteiger charge is 2.30. The van der Waals surface area contributed by atoms with E-state index in [2.05, 4.69) is 36.5 Å². The standard InChI is InChI=1S/C17H25NOS/c1-2-18-16(10-9-13-6-5-11-19-13)15-12-20-17-8-4-3-7-14(15)17/h3-4,7-8,13,15-16,18H,2,5-6,9-12H2,1H3. The summed E-state index contributed by atoms with van der Waals surface area (Å²) in [5, 5.41) is 3.72. The summed E-state index contributed by atoms with van der Waals surface area (Å²) in [6, 6.07) is 9.52. The van der Waals surface area contributed by atoms with Gasteiger partial charge < -0.3 is 10.1 Å². The molecule has 2 nitrogen and oxygen atoms in total. The number of hydrogen-bond acceptors (Lipinski definition) is 3. The molecular formula is C17H25NOS. The molecule has 3 unspecified atom stereocenters. The van der Waals surface area contributed by atoms with Crippen LogP contribution in [-0.2, 0) is 4.74 Å². The van der Waals surface area contributed by atoms with E-state index in [0.29, 0.717) is 18.1 Å². The third-order valence-corrected chi connectivity index (χ3v) is 5.72. The summed E-state index contributed by atoms with van der Waals surface area (Å²) in [7, 11) is 0. The van der Waals surface area contributed by atoms with E-state index in [1.165, 1.54) is 36.3 Å². The lowest BCUT2D eigenvalue weighted by Crippen LogP contribution is -2.35. The third kappa shape index (κ3) is 3.21. The smallest absolute Gasteiger partial charge is 0.0576 e. The number of fused-ring (bicyclic) bond motifs is 1. The van der Waals surface area contributed by atoms with Crippen LogP contribution in [0.25, 0.3) is 0 Å². The van der Waals surface area contributed by atoms with E-state index in [1.54, 1.807) is 5.56 Å². The molecule has 1 aromatic rings. The Balaban J connectivity index is 1.64. The summed E-state index contributed by atoms with van der Waals surface area (Å²) in [4.78, 5) is 1.48. The van der Waals surface area contributed by atoms with Crippen molar-refractivity contribution >= 4 is 11.8 Å². The minimum absolute atomic E-state index is 0.514. The first-order valence-electron chi connectivity index (χ1n) is 7.95. The molecule has 0 bridgehead atoms. The molecule has 0 aliphatic carbocycles. The van der Waals surface area contributed by atoms with Gasteiger partial charge in [-0.3, -0.25) is 0 Å². The minimum Gasteiger partial charge on any atom is -0.378 e. The molecule has 3 atom stereocenters. The molecule has 1 aromatic carbocycles. The lowest BCUT2D eigenvalue weighted by molar-refractivity contribution is 0.0989. The zero-order valence-corrected chi connectivity index (χ0v) is 13.1. The van der Waals surface area contributed by atoms with E-state index in [9.17, 15) is 0 Å². The van der Waals surface area contributed by atoms with Crippen molar-refractivity contribution in [1.29, 1.82) is 0 Å². The highest BCUT2D eigenvalue weighted by Crippen LogP contribution is 2.42. The molecule has 2 heterocycles. The molecule has 3 rings (SSSR count). The zero-order chi connectivity index (χ0) is 13.8. The van der Waals surface area contributed by atoms with Gasteiger partial charge in [-0.15, -0.1) is 11.8 Å². The molecule has 1 saturated heterocycles. The van der Waals surface area contributed by atoms with Gasteiger partial charge in [0.25, 0.3) is 0 Å². The van der Waals surface area contributed by atoms with Crippen molar-refractivity contribution < 1.29 is 4.74 Å². The second-order valence-electron chi connectivity index (χ2n) is 5.83. The van der Waals surface area contributed by atoms with Crippen LogP contribution < -0.4 is 5.32 Å². The van der Waals surface area contributed by atoms with Crippen molar-refractivity contribution in [2.24, 2.45) is 0 Å². The van der Waals surface area contributed by atoms with Gasteiger partial charge >= 0.3 is 0 Å². The summed E-state index contributed by atoms with van der Waals surface area (Å²) in [5.41, 5.74) is 1.55. The maximum atomic E-state index is 5.78. The Bertz CT molecular complexity index is 431. The molecule has 2 aliphatic heterocycles. The maximum Gasteiger partial charge on any atom is 0.0576 e. The molecular weight excluding hydrogens is 266 g/mol. The number of nitrogens with one attached hydrogen (secondary N) is 1. The highest BCUT2D eigenvalue weighted by atomic mass is 32.2. The van der Waals surface area contributed by atoms with Crippen LogP contribution in [-0.4, -0.2) is 31.1 Å². The van der Waals surface area contributed by atoms with Crippen LogP contribution in [0.5, 0.6) is 0 Å². The van der Waals surface area contributed by atoms with Gasteiger partial charge in [-0.25, -0.2) is 0 Å². The number of rotatable bonds is 6. The second-order valence-corrected chi connectivity index (χ2v) is 6.89. The van der Waals surface area contributed by atoms with Crippen molar-refractivity contribution in [1.82, 2.24) is 5.32 Å². The zero-order valence-electron chi connectivity index (χ0n) is 12.3. The van der Waals surface area contributed by atoms with Crippen LogP contribution in [0.4, 0.5) is 0 Å². The first-order valence-corrected chi connectivity index (χ1v) is 8.93. The van der Waals surface area contributed by atoms with E-state index >= 15 is 0 Å². The molecule has 0 radical (unpaired) electrons. The molecule has 110 valence electrons. The highest BCUT2D eigenvalue weighted by molar-refractivity contribution is 7.99. The first-order chi connectivity index (χ1) is 9.88. The summed E-state index contributed by atoms with van der Waals surface area (Å²) in [5.74, 6) is 1.89. The number of thioether (sulfide) groups is 1. The van der Waals surface area contributed by atoms with E-state index in [1.807, 2.05) is 11.8 Å². The fourth-order valence-electron chi connectivity index (χ4n) is 3.47. The van der Waals surface area contributed by atoms with Crippen molar-refractivity contribution in [2.45, 2.75) is 55.6 Å². The summed E-state index contributed by atoms with van der Waals surface area (Å²) >= 11 is 2.02. The van der Waals surface area contributed by atoms with E-state index in [0.717, 1.165) is 13.2 Å². The lowest BCUT2D eigenvalue weighted by Gasteiger charge is -2.26. The fourth-order valence-corrected chi connectivity index (χ4v) is 4.80. The normalized spacial score (nSPS) is 26.6. The van der Waals surface area contributed by atoms with Crippen LogP contribution >= 0.6 is 11.8 Å². The second kappa shape index (κ2) is 6.97. The predicted molar refractivity (Wildman–Crippen MR) is 85.6 cm³/mol. The molecule has 2 aliphatic rings. The van der Waals surface area contributed by atoms with Crippen molar-refractivity contribution in [3.8, 4) is 0 Å². The van der Waals surface area contributed by atoms with E-state index in [4.69, 9.17) is 4.74 Å². The number of benzene rings is 1. The lowest BCUT2D eigenvalue weighted by atomic mass is 9.89. The van der Waals surface area contributed by atoms with Crippen LogP contribution in [0.2, 0.25) is 0 Å². The quantitative estimate of drug-likeness (QED) is 0.861. The summed E-state index contributed by atoms with van der Waals surface area (Å²) < 4.78 is 5.78. The number of hydrogen-bond donors (Lipinski definition) is 1. The van der Waals surface area contributed by atoms with Gasteiger partial charge in [0.1, 0.15) is 0 Å². The Morgan fingerprint density at radius 2 is 2.30 bits per heavy atom. The van der Waals surface area contributed by atoms with Crippen LogP contribution in [0, 0.1) is 0 Å². The Morgan fingerprint density at radius 3 is 3.10 bits per heavy atom.